The van der Waals surface area contributed by atoms with E-state index >= 15 is 0 Å². The van der Waals surface area contributed by atoms with Gasteiger partial charge in [-0.05, 0) is 55.5 Å². The summed E-state index contributed by atoms with van der Waals surface area (Å²) in [6.45, 7) is 1.81. The second kappa shape index (κ2) is 10.3. The number of hydrogen-bond acceptors (Lipinski definition) is 6. The van der Waals surface area contributed by atoms with Gasteiger partial charge in [0.2, 0.25) is 21.8 Å². The molecule has 0 spiro atoms. The van der Waals surface area contributed by atoms with Crippen LogP contribution < -0.4 is 0 Å². The molecular formula is C27H23F3N4O4S. The Labute approximate surface area is 222 Å². The summed E-state index contributed by atoms with van der Waals surface area (Å²) in [6.07, 6.45) is -4.81. The lowest BCUT2D eigenvalue weighted by Crippen LogP contribution is -2.50. The first-order chi connectivity index (χ1) is 18.5. The van der Waals surface area contributed by atoms with Crippen molar-refractivity contribution in [3.63, 3.8) is 0 Å². The Morgan fingerprint density at radius 1 is 0.821 bits per heavy atom. The Kier molecular flexibility index (Phi) is 7.00. The molecule has 1 aliphatic heterocycles. The molecule has 8 nitrogen and oxygen atoms in total. The second-order valence-corrected chi connectivity index (χ2v) is 11.0. The van der Waals surface area contributed by atoms with E-state index in [4.69, 9.17) is 4.42 Å². The standard InChI is InChI=1S/C27H23F3N4O4S/c1-18-6-8-19(9-7-18)24-31-32-25(38-24)20-10-12-21(13-11-20)26(35)33-14-16-34(17-15-33)39(36,37)23-5-3-2-4-22(23)27(28,29)30/h2-13H,14-17H2,1H3. The number of carbonyl (C=O) groups is 1. The minimum atomic E-state index is -4.81. The van der Waals surface area contributed by atoms with Gasteiger partial charge in [-0.25, -0.2) is 8.42 Å². The molecule has 4 aromatic rings. The maximum Gasteiger partial charge on any atom is 0.417 e. The number of amides is 1. The summed E-state index contributed by atoms with van der Waals surface area (Å²) in [5.41, 5.74) is 1.67. The van der Waals surface area contributed by atoms with Crippen LogP contribution in [-0.2, 0) is 16.2 Å². The number of nitrogens with zero attached hydrogens (tertiary/aromatic N) is 4. The monoisotopic (exact) mass is 556 g/mol. The summed E-state index contributed by atoms with van der Waals surface area (Å²) >= 11 is 0. The van der Waals surface area contributed by atoms with Gasteiger partial charge >= 0.3 is 6.18 Å². The molecule has 5 rings (SSSR count). The van der Waals surface area contributed by atoms with Gasteiger partial charge in [0.1, 0.15) is 0 Å². The maximum absolute atomic E-state index is 13.4. The van der Waals surface area contributed by atoms with Gasteiger partial charge in [-0.2, -0.15) is 17.5 Å². The molecule has 202 valence electrons. The van der Waals surface area contributed by atoms with Gasteiger partial charge in [-0.15, -0.1) is 10.2 Å². The summed E-state index contributed by atoms with van der Waals surface area (Å²) in [5.74, 6) is 0.346. The third kappa shape index (κ3) is 5.43. The van der Waals surface area contributed by atoms with Crippen LogP contribution in [0.4, 0.5) is 13.2 Å². The van der Waals surface area contributed by atoms with E-state index < -0.39 is 26.7 Å². The Bertz CT molecular complexity index is 1590. The van der Waals surface area contributed by atoms with Crippen LogP contribution in [0.1, 0.15) is 21.5 Å². The molecule has 1 fully saturated rings. The number of hydrogen-bond donors (Lipinski definition) is 0. The minimum absolute atomic E-state index is 0.0393. The lowest BCUT2D eigenvalue weighted by molar-refractivity contribution is -0.139. The first-order valence-electron chi connectivity index (χ1n) is 12.0. The van der Waals surface area contributed by atoms with Crippen LogP contribution in [0.3, 0.4) is 0 Å². The van der Waals surface area contributed by atoms with Crippen LogP contribution in [0.2, 0.25) is 0 Å². The van der Waals surface area contributed by atoms with E-state index in [0.717, 1.165) is 33.6 Å². The lowest BCUT2D eigenvalue weighted by Gasteiger charge is -2.34. The molecule has 0 radical (unpaired) electrons. The molecule has 1 aliphatic rings. The van der Waals surface area contributed by atoms with Crippen LogP contribution >= 0.6 is 0 Å². The van der Waals surface area contributed by atoms with E-state index in [1.54, 1.807) is 24.3 Å². The molecule has 0 bridgehead atoms. The van der Waals surface area contributed by atoms with Gasteiger partial charge in [0.25, 0.3) is 5.91 Å². The van der Waals surface area contributed by atoms with Gasteiger partial charge in [0, 0.05) is 42.9 Å². The van der Waals surface area contributed by atoms with Gasteiger partial charge < -0.3 is 9.32 Å². The van der Waals surface area contributed by atoms with Crippen LogP contribution in [0, 0.1) is 6.92 Å². The third-order valence-corrected chi connectivity index (χ3v) is 8.40. The zero-order chi connectivity index (χ0) is 27.8. The van der Waals surface area contributed by atoms with Crippen LogP contribution in [-0.4, -0.2) is 59.9 Å². The zero-order valence-electron chi connectivity index (χ0n) is 20.7. The first-order valence-corrected chi connectivity index (χ1v) is 13.4. The topological polar surface area (TPSA) is 96.6 Å². The van der Waals surface area contributed by atoms with Gasteiger partial charge in [-0.3, -0.25) is 4.79 Å². The molecule has 39 heavy (non-hydrogen) atoms. The maximum atomic E-state index is 13.4. The number of alkyl halides is 3. The lowest BCUT2D eigenvalue weighted by atomic mass is 10.1. The molecule has 1 saturated heterocycles. The van der Waals surface area contributed by atoms with E-state index in [1.807, 2.05) is 31.2 Å². The highest BCUT2D eigenvalue weighted by atomic mass is 32.2. The van der Waals surface area contributed by atoms with Crippen molar-refractivity contribution in [2.45, 2.75) is 18.0 Å². The normalized spacial score (nSPS) is 14.9. The predicted molar refractivity (Wildman–Crippen MR) is 136 cm³/mol. The number of piperazine rings is 1. The summed E-state index contributed by atoms with van der Waals surface area (Å²) in [5, 5.41) is 8.17. The molecule has 0 atom stereocenters. The van der Waals surface area contributed by atoms with Crippen molar-refractivity contribution in [2.75, 3.05) is 26.2 Å². The number of benzene rings is 3. The summed E-state index contributed by atoms with van der Waals surface area (Å²) in [7, 11) is -4.39. The molecule has 0 N–H and O–H groups in total. The fourth-order valence-electron chi connectivity index (χ4n) is 4.29. The minimum Gasteiger partial charge on any atom is -0.416 e. The highest BCUT2D eigenvalue weighted by Crippen LogP contribution is 2.35. The van der Waals surface area contributed by atoms with Crippen molar-refractivity contribution in [1.82, 2.24) is 19.4 Å². The van der Waals surface area contributed by atoms with Crippen molar-refractivity contribution in [3.8, 4) is 22.9 Å². The number of rotatable bonds is 5. The highest BCUT2D eigenvalue weighted by molar-refractivity contribution is 7.89. The Morgan fingerprint density at radius 3 is 1.92 bits per heavy atom. The summed E-state index contributed by atoms with van der Waals surface area (Å²) in [6, 6.07) is 18.3. The van der Waals surface area contributed by atoms with E-state index in [9.17, 15) is 26.4 Å². The van der Waals surface area contributed by atoms with Gasteiger partial charge in [-0.1, -0.05) is 29.8 Å². The van der Waals surface area contributed by atoms with Crippen LogP contribution in [0.25, 0.3) is 22.9 Å². The third-order valence-electron chi connectivity index (χ3n) is 6.44. The van der Waals surface area contributed by atoms with Gasteiger partial charge in [0.05, 0.1) is 10.5 Å². The van der Waals surface area contributed by atoms with E-state index in [-0.39, 0.29) is 32.1 Å². The van der Waals surface area contributed by atoms with Crippen molar-refractivity contribution in [3.05, 3.63) is 89.5 Å². The number of carbonyl (C=O) groups excluding carboxylic acids is 1. The van der Waals surface area contributed by atoms with Crippen molar-refractivity contribution in [1.29, 1.82) is 0 Å². The Balaban J connectivity index is 1.25. The number of aryl methyl sites for hydroxylation is 1. The number of sulfonamides is 1. The molecule has 0 aliphatic carbocycles. The van der Waals surface area contributed by atoms with Crippen LogP contribution in [0.5, 0.6) is 0 Å². The van der Waals surface area contributed by atoms with Crippen molar-refractivity contribution >= 4 is 15.9 Å². The van der Waals surface area contributed by atoms with E-state index in [2.05, 4.69) is 10.2 Å². The zero-order valence-corrected chi connectivity index (χ0v) is 21.5. The van der Waals surface area contributed by atoms with E-state index in [0.29, 0.717) is 22.9 Å². The molecule has 1 amide bonds. The quantitative estimate of drug-likeness (QED) is 0.348. The SMILES string of the molecule is Cc1ccc(-c2nnc(-c3ccc(C(=O)N4CCN(S(=O)(=O)c5ccccc5C(F)(F)F)CC4)cc3)o2)cc1. The summed E-state index contributed by atoms with van der Waals surface area (Å²) < 4.78 is 72.9. The Hall–Kier alpha value is -4.03. The molecule has 1 aromatic heterocycles. The average Bonchev–Trinajstić information content (AvgIpc) is 3.43. The molecule has 0 saturated carbocycles. The van der Waals surface area contributed by atoms with E-state index in [1.165, 1.54) is 11.0 Å². The second-order valence-electron chi connectivity index (χ2n) is 9.05. The molecule has 2 heterocycles. The smallest absolute Gasteiger partial charge is 0.416 e. The first kappa shape index (κ1) is 26.6. The average molecular weight is 557 g/mol. The molecular weight excluding hydrogens is 533 g/mol. The molecule has 12 heteroatoms. The molecule has 3 aromatic carbocycles. The molecule has 0 unspecified atom stereocenters. The summed E-state index contributed by atoms with van der Waals surface area (Å²) in [4.78, 5) is 13.7. The van der Waals surface area contributed by atoms with Crippen molar-refractivity contribution < 1.29 is 30.8 Å². The largest absolute Gasteiger partial charge is 0.417 e. The highest BCUT2D eigenvalue weighted by Gasteiger charge is 2.39. The number of halogens is 3. The van der Waals surface area contributed by atoms with Gasteiger partial charge in [0.15, 0.2) is 0 Å². The van der Waals surface area contributed by atoms with Crippen LogP contribution in [0.15, 0.2) is 82.1 Å². The fourth-order valence-corrected chi connectivity index (χ4v) is 5.92. The number of aromatic nitrogens is 2. The Morgan fingerprint density at radius 2 is 1.36 bits per heavy atom. The fraction of sp³-hybridized carbons (Fsp3) is 0.222. The van der Waals surface area contributed by atoms with Crippen molar-refractivity contribution in [2.24, 2.45) is 0 Å². The predicted octanol–water partition coefficient (Wildman–Crippen LogP) is 4.88.